The van der Waals surface area contributed by atoms with Crippen LogP contribution in [0.3, 0.4) is 0 Å². The second-order valence-electron chi connectivity index (χ2n) is 7.01. The first-order chi connectivity index (χ1) is 15.1. The van der Waals surface area contributed by atoms with E-state index in [1.54, 1.807) is 34.1 Å². The van der Waals surface area contributed by atoms with Gasteiger partial charge in [0.1, 0.15) is 18.2 Å². The van der Waals surface area contributed by atoms with Crippen molar-refractivity contribution in [2.24, 2.45) is 0 Å². The van der Waals surface area contributed by atoms with Crippen LogP contribution in [-0.2, 0) is 12.7 Å². The maximum absolute atomic E-state index is 12.8. The van der Waals surface area contributed by atoms with E-state index in [1.165, 1.54) is 0 Å². The predicted molar refractivity (Wildman–Crippen MR) is 108 cm³/mol. The lowest BCUT2D eigenvalue weighted by Crippen LogP contribution is -2.52. The number of nitrogens with one attached hydrogen (secondary N) is 1. The van der Waals surface area contributed by atoms with Crippen LogP contribution in [0.1, 0.15) is 11.1 Å². The number of carbonyl (C=O) groups is 1. The number of halogens is 6. The van der Waals surface area contributed by atoms with Gasteiger partial charge in [0.15, 0.2) is 0 Å². The molecular weight excluding hydrogens is 459 g/mol. The maximum atomic E-state index is 12.8. The number of carbonyl (C=O) groups excluding carboxylic acids is 1. The zero-order valence-corrected chi connectivity index (χ0v) is 17.5. The molecule has 2 amide bonds. The van der Waals surface area contributed by atoms with Gasteiger partial charge in [0, 0.05) is 38.9 Å². The van der Waals surface area contributed by atoms with Crippen LogP contribution in [0.4, 0.5) is 32.6 Å². The molecule has 0 atom stereocenters. The number of rotatable bonds is 6. The van der Waals surface area contributed by atoms with Crippen LogP contribution >= 0.6 is 11.6 Å². The fraction of sp³-hybridized carbons (Fsp3) is 0.400. The summed E-state index contributed by atoms with van der Waals surface area (Å²) in [5.41, 5.74) is -0.238. The Morgan fingerprint density at radius 1 is 1.19 bits per heavy atom. The van der Waals surface area contributed by atoms with Crippen LogP contribution in [0, 0.1) is 0 Å². The van der Waals surface area contributed by atoms with Gasteiger partial charge < -0.3 is 19.9 Å². The summed E-state index contributed by atoms with van der Waals surface area (Å²) in [4.78, 5) is 19.6. The molecular formula is C20H20ClF5N4O2. The number of anilines is 1. The van der Waals surface area contributed by atoms with Gasteiger partial charge in [-0.2, -0.15) is 13.2 Å². The van der Waals surface area contributed by atoms with Crippen LogP contribution in [0.2, 0.25) is 5.02 Å². The number of piperazine rings is 1. The number of hydrogen-bond acceptors (Lipinski definition) is 4. The van der Waals surface area contributed by atoms with Crippen LogP contribution in [0.5, 0.6) is 5.75 Å². The van der Waals surface area contributed by atoms with Crippen LogP contribution in [-0.4, -0.2) is 55.1 Å². The quantitative estimate of drug-likeness (QED) is 0.624. The molecule has 2 aromatic rings. The summed E-state index contributed by atoms with van der Waals surface area (Å²) in [6.07, 6.45) is -6.37. The molecule has 1 aliphatic heterocycles. The number of pyridine rings is 1. The Morgan fingerprint density at radius 3 is 2.53 bits per heavy atom. The molecule has 6 nitrogen and oxygen atoms in total. The van der Waals surface area contributed by atoms with E-state index >= 15 is 0 Å². The highest BCUT2D eigenvalue weighted by Crippen LogP contribution is 2.33. The molecule has 32 heavy (non-hydrogen) atoms. The van der Waals surface area contributed by atoms with Gasteiger partial charge in [0.2, 0.25) is 0 Å². The summed E-state index contributed by atoms with van der Waals surface area (Å²) >= 11 is 5.99. The van der Waals surface area contributed by atoms with E-state index in [-0.39, 0.29) is 29.2 Å². The molecule has 2 heterocycles. The number of benzene rings is 1. The van der Waals surface area contributed by atoms with Crippen molar-refractivity contribution >= 4 is 23.4 Å². The predicted octanol–water partition coefficient (Wildman–Crippen LogP) is 4.43. The van der Waals surface area contributed by atoms with Crippen molar-refractivity contribution in [2.75, 3.05) is 37.7 Å². The third kappa shape index (κ3) is 6.35. The molecule has 3 rings (SSSR count). The van der Waals surface area contributed by atoms with Crippen molar-refractivity contribution < 1.29 is 31.5 Å². The SMILES string of the molecule is O=C(NCc1cccc(OCC(F)F)c1)N1CCN(c2ncc(C(F)(F)F)cc2Cl)CC1. The summed E-state index contributed by atoms with van der Waals surface area (Å²) in [5.74, 6) is 0.520. The Balaban J connectivity index is 1.50. The highest BCUT2D eigenvalue weighted by Gasteiger charge is 2.32. The number of amides is 2. The highest BCUT2D eigenvalue weighted by atomic mass is 35.5. The third-order valence-corrected chi connectivity index (χ3v) is 5.01. The molecule has 1 aromatic heterocycles. The van der Waals surface area contributed by atoms with Crippen molar-refractivity contribution in [3.8, 4) is 5.75 Å². The fourth-order valence-electron chi connectivity index (χ4n) is 3.13. The Bertz CT molecular complexity index is 936. The molecule has 0 unspecified atom stereocenters. The zero-order chi connectivity index (χ0) is 23.3. The minimum absolute atomic E-state index is 0.105. The summed E-state index contributed by atoms with van der Waals surface area (Å²) in [7, 11) is 0. The number of urea groups is 1. The minimum Gasteiger partial charge on any atom is -0.488 e. The van der Waals surface area contributed by atoms with Crippen molar-refractivity contribution in [1.29, 1.82) is 0 Å². The fourth-order valence-corrected chi connectivity index (χ4v) is 3.42. The van der Waals surface area contributed by atoms with Gasteiger partial charge in [0.25, 0.3) is 6.43 Å². The Kier molecular flexibility index (Phi) is 7.60. The highest BCUT2D eigenvalue weighted by molar-refractivity contribution is 6.33. The van der Waals surface area contributed by atoms with Gasteiger partial charge in [-0.05, 0) is 23.8 Å². The lowest BCUT2D eigenvalue weighted by molar-refractivity contribution is -0.137. The average molecular weight is 479 g/mol. The van der Waals surface area contributed by atoms with E-state index < -0.39 is 24.8 Å². The van der Waals surface area contributed by atoms with Gasteiger partial charge in [-0.1, -0.05) is 23.7 Å². The monoisotopic (exact) mass is 478 g/mol. The Hall–Kier alpha value is -2.82. The molecule has 0 radical (unpaired) electrons. The molecule has 1 saturated heterocycles. The second kappa shape index (κ2) is 10.2. The number of ether oxygens (including phenoxy) is 1. The van der Waals surface area contributed by atoms with Crippen LogP contribution < -0.4 is 15.0 Å². The number of nitrogens with zero attached hydrogens (tertiary/aromatic N) is 3. The maximum Gasteiger partial charge on any atom is 0.417 e. The zero-order valence-electron chi connectivity index (χ0n) is 16.7. The van der Waals surface area contributed by atoms with E-state index in [9.17, 15) is 26.7 Å². The summed E-state index contributed by atoms with van der Waals surface area (Å²) < 4.78 is 67.8. The molecule has 1 fully saturated rings. The number of aromatic nitrogens is 1. The van der Waals surface area contributed by atoms with E-state index in [0.717, 1.165) is 12.3 Å². The lowest BCUT2D eigenvalue weighted by Gasteiger charge is -2.35. The first-order valence-electron chi connectivity index (χ1n) is 9.64. The van der Waals surface area contributed by atoms with E-state index in [1.807, 2.05) is 0 Å². The smallest absolute Gasteiger partial charge is 0.417 e. The van der Waals surface area contributed by atoms with Gasteiger partial charge in [-0.3, -0.25) is 0 Å². The molecule has 1 aromatic carbocycles. The number of hydrogen-bond donors (Lipinski definition) is 1. The largest absolute Gasteiger partial charge is 0.488 e. The molecule has 0 spiro atoms. The second-order valence-corrected chi connectivity index (χ2v) is 7.42. The summed E-state index contributed by atoms with van der Waals surface area (Å²) in [6.45, 7) is 0.810. The molecule has 1 aliphatic rings. The Morgan fingerprint density at radius 2 is 1.91 bits per heavy atom. The molecule has 0 saturated carbocycles. The van der Waals surface area contributed by atoms with E-state index in [2.05, 4.69) is 10.3 Å². The van der Waals surface area contributed by atoms with E-state index in [0.29, 0.717) is 31.7 Å². The molecule has 174 valence electrons. The van der Waals surface area contributed by atoms with Gasteiger partial charge in [0.05, 0.1) is 10.6 Å². The molecule has 1 N–H and O–H groups in total. The lowest BCUT2D eigenvalue weighted by atomic mass is 10.2. The average Bonchev–Trinajstić information content (AvgIpc) is 2.76. The van der Waals surface area contributed by atoms with Crippen LogP contribution in [0.25, 0.3) is 0 Å². The van der Waals surface area contributed by atoms with Gasteiger partial charge in [-0.25, -0.2) is 18.6 Å². The first-order valence-corrected chi connectivity index (χ1v) is 10.0. The van der Waals surface area contributed by atoms with Crippen molar-refractivity contribution in [3.05, 3.63) is 52.7 Å². The van der Waals surface area contributed by atoms with E-state index in [4.69, 9.17) is 16.3 Å². The van der Waals surface area contributed by atoms with Crippen molar-refractivity contribution in [3.63, 3.8) is 0 Å². The standard InChI is InChI=1S/C20H20ClF5N4O2/c21-16-9-14(20(24,25)26)11-27-18(16)29-4-6-30(7-5-29)19(31)28-10-13-2-1-3-15(8-13)32-12-17(22)23/h1-3,8-9,11,17H,4-7,10,12H2,(H,28,31). The minimum atomic E-state index is -4.53. The van der Waals surface area contributed by atoms with Gasteiger partial charge >= 0.3 is 12.2 Å². The van der Waals surface area contributed by atoms with Crippen LogP contribution in [0.15, 0.2) is 36.5 Å². The summed E-state index contributed by atoms with van der Waals surface area (Å²) in [5, 5.41) is 2.64. The topological polar surface area (TPSA) is 57.7 Å². The molecule has 12 heteroatoms. The number of alkyl halides is 5. The summed E-state index contributed by atoms with van der Waals surface area (Å²) in [6, 6.07) is 7.00. The van der Waals surface area contributed by atoms with Crippen molar-refractivity contribution in [1.82, 2.24) is 15.2 Å². The molecule has 0 aliphatic carbocycles. The Labute approximate surface area is 185 Å². The third-order valence-electron chi connectivity index (χ3n) is 4.73. The first kappa shape index (κ1) is 23.8. The molecule has 0 bridgehead atoms. The van der Waals surface area contributed by atoms with Crippen molar-refractivity contribution in [2.45, 2.75) is 19.1 Å². The normalized spacial score (nSPS) is 14.6. The van der Waals surface area contributed by atoms with Gasteiger partial charge in [-0.15, -0.1) is 0 Å².